The molecule has 2 fully saturated rings. The lowest BCUT2D eigenvalue weighted by atomic mass is 10.1. The number of rotatable bonds is 5. The molecule has 1 aromatic carbocycles. The standard InChI is InChI=1S/C17H20N2O5S2/c1-11-5-7-12(8-6-11)19-13-9-26(23,24)10-14(13)25-17(19)18-15(20)3-2-4-16(21)22/h5-8,13-14H,2-4,9-10H2,1H3,(H,21,22)/p-1/t13-,14-/m0/s1. The summed E-state index contributed by atoms with van der Waals surface area (Å²) in [7, 11) is -3.10. The van der Waals surface area contributed by atoms with E-state index in [9.17, 15) is 23.1 Å². The fraction of sp³-hybridized carbons (Fsp3) is 0.471. The number of carboxylic acid groups (broad SMARTS) is 1. The van der Waals surface area contributed by atoms with Crippen molar-refractivity contribution < 1.29 is 23.1 Å². The molecule has 9 heteroatoms. The van der Waals surface area contributed by atoms with Gasteiger partial charge in [0.1, 0.15) is 0 Å². The van der Waals surface area contributed by atoms with E-state index in [0.717, 1.165) is 11.3 Å². The lowest BCUT2D eigenvalue weighted by molar-refractivity contribution is -0.305. The van der Waals surface area contributed by atoms with Crippen LogP contribution in [0.3, 0.4) is 0 Å². The van der Waals surface area contributed by atoms with Crippen LogP contribution < -0.4 is 10.0 Å². The number of nitrogens with zero attached hydrogens (tertiary/aromatic N) is 2. The second kappa shape index (κ2) is 7.40. The summed E-state index contributed by atoms with van der Waals surface area (Å²) in [6, 6.07) is 7.38. The zero-order valence-corrected chi connectivity index (χ0v) is 15.9. The molecule has 0 spiro atoms. The number of fused-ring (bicyclic) bond motifs is 1. The molecule has 2 heterocycles. The minimum Gasteiger partial charge on any atom is -0.550 e. The molecule has 0 unspecified atom stereocenters. The molecule has 3 rings (SSSR count). The van der Waals surface area contributed by atoms with Crippen molar-refractivity contribution in [2.75, 3.05) is 16.4 Å². The molecule has 0 N–H and O–H groups in total. The van der Waals surface area contributed by atoms with Crippen LogP contribution in [0.1, 0.15) is 24.8 Å². The van der Waals surface area contributed by atoms with Crippen molar-refractivity contribution in [2.45, 2.75) is 37.5 Å². The first-order valence-electron chi connectivity index (χ1n) is 8.29. The van der Waals surface area contributed by atoms with Crippen molar-refractivity contribution in [3.63, 3.8) is 0 Å². The second-order valence-electron chi connectivity index (χ2n) is 6.52. The molecule has 0 radical (unpaired) electrons. The van der Waals surface area contributed by atoms with Crippen molar-refractivity contribution in [2.24, 2.45) is 4.99 Å². The summed E-state index contributed by atoms with van der Waals surface area (Å²) in [6.45, 7) is 1.96. The third-order valence-corrected chi connectivity index (χ3v) is 7.58. The fourth-order valence-corrected chi connectivity index (χ4v) is 7.05. The van der Waals surface area contributed by atoms with E-state index in [1.54, 1.807) is 0 Å². The maximum Gasteiger partial charge on any atom is 0.248 e. The van der Waals surface area contributed by atoms with Gasteiger partial charge in [-0.3, -0.25) is 4.79 Å². The quantitative estimate of drug-likeness (QED) is 0.715. The van der Waals surface area contributed by atoms with Crippen molar-refractivity contribution in [1.29, 1.82) is 0 Å². The lowest BCUT2D eigenvalue weighted by Crippen LogP contribution is -2.37. The van der Waals surface area contributed by atoms with Gasteiger partial charge in [-0.2, -0.15) is 4.99 Å². The molecular formula is C17H19N2O5S2-. The highest BCUT2D eigenvalue weighted by atomic mass is 32.2. The Hall–Kier alpha value is -1.87. The maximum atomic E-state index is 12.1. The topological polar surface area (TPSA) is 107 Å². The number of carbonyl (C=O) groups excluding carboxylic acids is 2. The first-order valence-corrected chi connectivity index (χ1v) is 11.0. The molecule has 1 amide bonds. The van der Waals surface area contributed by atoms with Gasteiger partial charge in [-0.15, -0.1) is 0 Å². The molecule has 7 nitrogen and oxygen atoms in total. The molecule has 0 saturated carbocycles. The summed E-state index contributed by atoms with van der Waals surface area (Å²) in [5.74, 6) is -1.49. The number of benzene rings is 1. The van der Waals surface area contributed by atoms with Crippen LogP contribution in [0.25, 0.3) is 0 Å². The molecule has 1 aromatic rings. The highest BCUT2D eigenvalue weighted by Crippen LogP contribution is 2.41. The summed E-state index contributed by atoms with van der Waals surface area (Å²) in [4.78, 5) is 28.5. The SMILES string of the molecule is Cc1ccc(N2C(=NC(=O)CCCC(=O)[O-])S[C@H]3CS(=O)(=O)C[C@@H]32)cc1. The Morgan fingerprint density at radius 3 is 2.58 bits per heavy atom. The monoisotopic (exact) mass is 395 g/mol. The lowest BCUT2D eigenvalue weighted by Gasteiger charge is -2.24. The highest BCUT2D eigenvalue weighted by Gasteiger charge is 2.49. The van der Waals surface area contributed by atoms with Crippen LogP contribution >= 0.6 is 11.8 Å². The van der Waals surface area contributed by atoms with E-state index in [2.05, 4.69) is 4.99 Å². The van der Waals surface area contributed by atoms with E-state index in [1.807, 2.05) is 36.1 Å². The van der Waals surface area contributed by atoms with Crippen LogP contribution in [0.15, 0.2) is 29.3 Å². The van der Waals surface area contributed by atoms with E-state index >= 15 is 0 Å². The normalized spacial score (nSPS) is 25.4. The molecular weight excluding hydrogens is 376 g/mol. The van der Waals surface area contributed by atoms with Gasteiger partial charge in [0.05, 0.1) is 17.5 Å². The van der Waals surface area contributed by atoms with E-state index < -0.39 is 21.7 Å². The number of hydrogen-bond donors (Lipinski definition) is 0. The van der Waals surface area contributed by atoms with Gasteiger partial charge >= 0.3 is 0 Å². The number of thioether (sulfide) groups is 1. The average molecular weight is 395 g/mol. The Bertz CT molecular complexity index is 848. The van der Waals surface area contributed by atoms with Crippen molar-refractivity contribution >= 4 is 44.3 Å². The third kappa shape index (κ3) is 4.27. The highest BCUT2D eigenvalue weighted by molar-refractivity contribution is 8.16. The van der Waals surface area contributed by atoms with Gasteiger partial charge in [0.15, 0.2) is 15.0 Å². The van der Waals surface area contributed by atoms with Crippen molar-refractivity contribution in [3.8, 4) is 0 Å². The Kier molecular flexibility index (Phi) is 5.38. The zero-order valence-electron chi connectivity index (χ0n) is 14.3. The summed E-state index contributed by atoms with van der Waals surface area (Å²) in [5, 5.41) is 10.8. The number of aryl methyl sites for hydroxylation is 1. The Morgan fingerprint density at radius 1 is 1.23 bits per heavy atom. The zero-order chi connectivity index (χ0) is 18.9. The number of carboxylic acids is 1. The minimum atomic E-state index is -3.10. The van der Waals surface area contributed by atoms with E-state index in [0.29, 0.717) is 5.17 Å². The third-order valence-electron chi connectivity index (χ3n) is 4.37. The second-order valence-corrected chi connectivity index (χ2v) is 9.88. The largest absolute Gasteiger partial charge is 0.550 e. The molecule has 0 aliphatic carbocycles. The van der Waals surface area contributed by atoms with Gasteiger partial charge in [0.2, 0.25) is 5.91 Å². The van der Waals surface area contributed by atoms with Crippen LogP contribution in [0, 0.1) is 6.92 Å². The van der Waals surface area contributed by atoms with Gasteiger partial charge in [0.25, 0.3) is 0 Å². The van der Waals surface area contributed by atoms with Gasteiger partial charge in [-0.1, -0.05) is 29.5 Å². The molecule has 2 atom stereocenters. The van der Waals surface area contributed by atoms with Crippen LogP contribution in [0.5, 0.6) is 0 Å². The van der Waals surface area contributed by atoms with Gasteiger partial charge in [-0.05, 0) is 31.9 Å². The first-order chi connectivity index (χ1) is 12.2. The smallest absolute Gasteiger partial charge is 0.248 e. The van der Waals surface area contributed by atoms with Gasteiger partial charge < -0.3 is 14.8 Å². The number of sulfone groups is 1. The van der Waals surface area contributed by atoms with Crippen molar-refractivity contribution in [1.82, 2.24) is 0 Å². The number of aliphatic imine (C=N–C) groups is 1. The molecule has 2 aliphatic rings. The number of amides is 1. The predicted octanol–water partition coefficient (Wildman–Crippen LogP) is 0.517. The minimum absolute atomic E-state index is 0.0212. The first kappa shape index (κ1) is 18.9. The summed E-state index contributed by atoms with van der Waals surface area (Å²) in [5.41, 5.74) is 1.88. The molecule has 2 aliphatic heterocycles. The Labute approximate surface area is 156 Å². The number of amidine groups is 1. The van der Waals surface area contributed by atoms with Gasteiger partial charge in [0, 0.05) is 23.3 Å². The van der Waals surface area contributed by atoms with Crippen LogP contribution in [-0.2, 0) is 19.4 Å². The van der Waals surface area contributed by atoms with Crippen LogP contribution in [-0.4, -0.2) is 48.3 Å². The van der Waals surface area contributed by atoms with Crippen LogP contribution in [0.4, 0.5) is 5.69 Å². The van der Waals surface area contributed by atoms with Crippen molar-refractivity contribution in [3.05, 3.63) is 29.8 Å². The van der Waals surface area contributed by atoms with E-state index in [-0.39, 0.29) is 42.1 Å². The Morgan fingerprint density at radius 2 is 1.92 bits per heavy atom. The van der Waals surface area contributed by atoms with E-state index in [4.69, 9.17) is 0 Å². The molecule has 0 bridgehead atoms. The summed E-state index contributed by atoms with van der Waals surface area (Å²) in [6.07, 6.45) is 0.0106. The van der Waals surface area contributed by atoms with Crippen LogP contribution in [0.2, 0.25) is 0 Å². The molecule has 2 saturated heterocycles. The molecule has 140 valence electrons. The Balaban J connectivity index is 1.84. The number of hydrogen-bond acceptors (Lipinski definition) is 6. The number of anilines is 1. The number of carbonyl (C=O) groups is 2. The maximum absolute atomic E-state index is 12.1. The number of aliphatic carboxylic acids is 1. The summed E-state index contributed by atoms with van der Waals surface area (Å²) >= 11 is 1.31. The average Bonchev–Trinajstić information content (AvgIpc) is 2.99. The molecule has 0 aromatic heterocycles. The predicted molar refractivity (Wildman–Crippen MR) is 98.8 cm³/mol. The fourth-order valence-electron chi connectivity index (χ4n) is 3.12. The summed E-state index contributed by atoms with van der Waals surface area (Å²) < 4.78 is 24.0. The van der Waals surface area contributed by atoms with Gasteiger partial charge in [-0.25, -0.2) is 8.42 Å². The molecule has 26 heavy (non-hydrogen) atoms. The van der Waals surface area contributed by atoms with E-state index in [1.165, 1.54) is 11.8 Å².